The van der Waals surface area contributed by atoms with Crippen LogP contribution in [0.15, 0.2) is 12.1 Å². The summed E-state index contributed by atoms with van der Waals surface area (Å²) in [5, 5.41) is 23.8. The number of ether oxygens (including phenoxy) is 1. The second-order valence-corrected chi connectivity index (χ2v) is 7.23. The fraction of sp³-hybridized carbons (Fsp3) is 0.706. The Bertz CT molecular complexity index is 702. The third kappa shape index (κ3) is 3.16. The van der Waals surface area contributed by atoms with Gasteiger partial charge < -0.3 is 14.7 Å². The Kier molecular flexibility index (Phi) is 4.24. The van der Waals surface area contributed by atoms with Crippen LogP contribution >= 0.6 is 0 Å². The molecule has 1 atom stereocenters. The summed E-state index contributed by atoms with van der Waals surface area (Å²) in [5.74, 6) is 1.34. The number of nitrogens with zero attached hydrogens (tertiary/aromatic N) is 5. The summed E-state index contributed by atoms with van der Waals surface area (Å²) in [4.78, 5) is 2.35. The quantitative estimate of drug-likeness (QED) is 0.909. The van der Waals surface area contributed by atoms with E-state index in [1.165, 1.54) is 0 Å². The zero-order valence-corrected chi connectivity index (χ0v) is 14.2. The lowest BCUT2D eigenvalue weighted by Crippen LogP contribution is -2.50. The van der Waals surface area contributed by atoms with E-state index in [1.807, 2.05) is 23.6 Å². The SMILES string of the molecule is Cc1ccc2nnc(C3CCN(CC4(O)CCCOC4)CC3)n2n1. The van der Waals surface area contributed by atoms with Gasteiger partial charge in [-0.3, -0.25) is 0 Å². The maximum Gasteiger partial charge on any atom is 0.177 e. The third-order valence-electron chi connectivity index (χ3n) is 5.19. The van der Waals surface area contributed by atoms with Crippen LogP contribution in [0.5, 0.6) is 0 Å². The van der Waals surface area contributed by atoms with Crippen LogP contribution in [-0.2, 0) is 4.74 Å². The van der Waals surface area contributed by atoms with Crippen molar-refractivity contribution in [2.75, 3.05) is 32.8 Å². The number of likely N-dealkylation sites (tertiary alicyclic amines) is 1. The van der Waals surface area contributed by atoms with E-state index < -0.39 is 5.60 Å². The van der Waals surface area contributed by atoms with Crippen LogP contribution in [0.4, 0.5) is 0 Å². The molecule has 7 nitrogen and oxygen atoms in total. The van der Waals surface area contributed by atoms with Crippen LogP contribution in [0.25, 0.3) is 5.65 Å². The molecular weight excluding hydrogens is 306 g/mol. The Morgan fingerprint density at radius 2 is 2.12 bits per heavy atom. The van der Waals surface area contributed by atoms with Gasteiger partial charge in [0.05, 0.1) is 12.3 Å². The lowest BCUT2D eigenvalue weighted by molar-refractivity contribution is -0.102. The molecule has 0 radical (unpaired) electrons. The first-order chi connectivity index (χ1) is 11.6. The zero-order valence-electron chi connectivity index (χ0n) is 14.2. The highest BCUT2D eigenvalue weighted by atomic mass is 16.5. The van der Waals surface area contributed by atoms with Crippen LogP contribution < -0.4 is 0 Å². The highest BCUT2D eigenvalue weighted by molar-refractivity contribution is 5.36. The second-order valence-electron chi connectivity index (χ2n) is 7.23. The minimum absolute atomic E-state index is 0.378. The van der Waals surface area contributed by atoms with Gasteiger partial charge in [0, 0.05) is 19.1 Å². The van der Waals surface area contributed by atoms with E-state index in [-0.39, 0.29) is 0 Å². The third-order valence-corrected chi connectivity index (χ3v) is 5.19. The van der Waals surface area contributed by atoms with Crippen molar-refractivity contribution in [3.63, 3.8) is 0 Å². The lowest BCUT2D eigenvalue weighted by Gasteiger charge is -2.39. The van der Waals surface area contributed by atoms with E-state index in [0.717, 1.165) is 62.5 Å². The molecule has 1 N–H and O–H groups in total. The Hall–Kier alpha value is -1.57. The smallest absolute Gasteiger partial charge is 0.177 e. The van der Waals surface area contributed by atoms with Crippen LogP contribution in [0.1, 0.15) is 43.1 Å². The summed E-state index contributed by atoms with van der Waals surface area (Å²) in [6.07, 6.45) is 3.83. The van der Waals surface area contributed by atoms with Gasteiger partial charge in [0.25, 0.3) is 0 Å². The van der Waals surface area contributed by atoms with Crippen molar-refractivity contribution in [1.29, 1.82) is 0 Å². The van der Waals surface area contributed by atoms with Crippen molar-refractivity contribution in [3.05, 3.63) is 23.7 Å². The van der Waals surface area contributed by atoms with E-state index >= 15 is 0 Å². The number of aliphatic hydroxyl groups is 1. The van der Waals surface area contributed by atoms with Crippen molar-refractivity contribution in [2.45, 2.75) is 44.1 Å². The molecule has 2 fully saturated rings. The largest absolute Gasteiger partial charge is 0.386 e. The van der Waals surface area contributed by atoms with Crippen molar-refractivity contribution in [2.24, 2.45) is 0 Å². The highest BCUT2D eigenvalue weighted by Crippen LogP contribution is 2.29. The first-order valence-corrected chi connectivity index (χ1v) is 8.84. The summed E-state index contributed by atoms with van der Waals surface area (Å²) in [6, 6.07) is 3.93. The van der Waals surface area contributed by atoms with Gasteiger partial charge in [-0.15, -0.1) is 10.2 Å². The van der Waals surface area contributed by atoms with Gasteiger partial charge in [-0.1, -0.05) is 0 Å². The number of aryl methyl sites for hydroxylation is 1. The summed E-state index contributed by atoms with van der Waals surface area (Å²) in [6.45, 7) is 5.86. The highest BCUT2D eigenvalue weighted by Gasteiger charge is 2.34. The van der Waals surface area contributed by atoms with E-state index in [9.17, 15) is 5.11 Å². The van der Waals surface area contributed by atoms with Crippen molar-refractivity contribution >= 4 is 5.65 Å². The molecule has 0 spiro atoms. The maximum atomic E-state index is 10.6. The van der Waals surface area contributed by atoms with Crippen LogP contribution in [0, 0.1) is 6.92 Å². The molecule has 0 saturated carbocycles. The van der Waals surface area contributed by atoms with Gasteiger partial charge in [-0.25, -0.2) is 0 Å². The first-order valence-electron chi connectivity index (χ1n) is 8.84. The maximum absolute atomic E-state index is 10.6. The molecule has 7 heteroatoms. The van der Waals surface area contributed by atoms with Crippen molar-refractivity contribution in [3.8, 4) is 0 Å². The van der Waals surface area contributed by atoms with Crippen LogP contribution in [0.3, 0.4) is 0 Å². The molecule has 4 rings (SSSR count). The van der Waals surface area contributed by atoms with E-state index in [1.54, 1.807) is 0 Å². The topological polar surface area (TPSA) is 75.8 Å². The molecule has 4 heterocycles. The molecule has 24 heavy (non-hydrogen) atoms. The number of rotatable bonds is 3. The number of β-amino-alcohol motifs (C(OH)–C–C–N with tert-alkyl or cyclic N) is 1. The van der Waals surface area contributed by atoms with E-state index in [4.69, 9.17) is 4.74 Å². The number of piperidine rings is 1. The van der Waals surface area contributed by atoms with Crippen LogP contribution in [0.2, 0.25) is 0 Å². The fourth-order valence-electron chi connectivity index (χ4n) is 3.88. The molecule has 2 saturated heterocycles. The summed E-state index contributed by atoms with van der Waals surface area (Å²) in [5.41, 5.74) is 1.11. The first kappa shape index (κ1) is 15.9. The molecule has 0 aromatic carbocycles. The summed E-state index contributed by atoms with van der Waals surface area (Å²) >= 11 is 0. The average Bonchev–Trinajstić information content (AvgIpc) is 2.99. The predicted molar refractivity (Wildman–Crippen MR) is 88.9 cm³/mol. The normalized spacial score (nSPS) is 26.9. The Morgan fingerprint density at radius 3 is 2.88 bits per heavy atom. The van der Waals surface area contributed by atoms with Crippen LogP contribution in [-0.4, -0.2) is 68.3 Å². The average molecular weight is 331 g/mol. The van der Waals surface area contributed by atoms with Gasteiger partial charge >= 0.3 is 0 Å². The van der Waals surface area contributed by atoms with Gasteiger partial charge in [-0.2, -0.15) is 9.61 Å². The molecular formula is C17H25N5O2. The summed E-state index contributed by atoms with van der Waals surface area (Å²) in [7, 11) is 0. The molecule has 2 aromatic rings. The van der Waals surface area contributed by atoms with Crippen molar-refractivity contribution < 1.29 is 9.84 Å². The number of hydrogen-bond acceptors (Lipinski definition) is 6. The Labute approximate surface area is 141 Å². The Balaban J connectivity index is 1.41. The van der Waals surface area contributed by atoms with Gasteiger partial charge in [0.2, 0.25) is 0 Å². The van der Waals surface area contributed by atoms with Gasteiger partial charge in [-0.05, 0) is 57.8 Å². The standard InChI is InChI=1S/C17H25N5O2/c1-13-3-4-15-18-19-16(22(15)20-13)14-5-8-21(9-6-14)11-17(23)7-2-10-24-12-17/h3-4,14,23H,2,5-12H2,1H3. The molecule has 0 amide bonds. The van der Waals surface area contributed by atoms with Gasteiger partial charge in [0.15, 0.2) is 11.5 Å². The Morgan fingerprint density at radius 1 is 1.29 bits per heavy atom. The minimum Gasteiger partial charge on any atom is -0.386 e. The van der Waals surface area contributed by atoms with E-state index in [2.05, 4.69) is 20.2 Å². The lowest BCUT2D eigenvalue weighted by atomic mass is 9.92. The van der Waals surface area contributed by atoms with Gasteiger partial charge in [0.1, 0.15) is 5.60 Å². The number of hydrogen-bond donors (Lipinski definition) is 1. The summed E-state index contributed by atoms with van der Waals surface area (Å²) < 4.78 is 7.35. The van der Waals surface area contributed by atoms with E-state index in [0.29, 0.717) is 19.1 Å². The number of fused-ring (bicyclic) bond motifs is 1. The predicted octanol–water partition coefficient (Wildman–Crippen LogP) is 1.15. The molecule has 2 aliphatic rings. The fourth-order valence-corrected chi connectivity index (χ4v) is 3.88. The molecule has 0 aliphatic carbocycles. The molecule has 130 valence electrons. The van der Waals surface area contributed by atoms with Crippen molar-refractivity contribution in [1.82, 2.24) is 24.7 Å². The monoisotopic (exact) mass is 331 g/mol. The second kappa shape index (κ2) is 6.38. The molecule has 2 aromatic heterocycles. The minimum atomic E-state index is -0.675. The molecule has 0 bridgehead atoms. The zero-order chi connectivity index (χ0) is 16.6. The number of aromatic nitrogens is 4. The molecule has 1 unspecified atom stereocenters. The molecule has 2 aliphatic heterocycles.